The average molecular weight is 307 g/mol. The topological polar surface area (TPSA) is 68.0 Å². The monoisotopic (exact) mass is 307 g/mol. The van der Waals surface area contributed by atoms with Gasteiger partial charge >= 0.3 is 5.97 Å². The summed E-state index contributed by atoms with van der Waals surface area (Å²) >= 11 is 1.27. The van der Waals surface area contributed by atoms with Crippen LogP contribution >= 0.6 is 11.8 Å². The Morgan fingerprint density at radius 1 is 1.38 bits per heavy atom. The Bertz CT molecular complexity index is 639. The van der Waals surface area contributed by atoms with E-state index in [4.69, 9.17) is 5.11 Å². The fraction of sp³-hybridized carbons (Fsp3) is 0.533. The molecule has 2 heterocycles. The number of aryl methyl sites for hydroxylation is 1. The normalized spacial score (nSPS) is 12.7. The molecule has 0 radical (unpaired) electrons. The predicted octanol–water partition coefficient (Wildman–Crippen LogP) is 3.67. The van der Waals surface area contributed by atoms with Crippen LogP contribution in [0.4, 0.5) is 0 Å². The Kier molecular flexibility index (Phi) is 5.22. The predicted molar refractivity (Wildman–Crippen MR) is 84.9 cm³/mol. The van der Waals surface area contributed by atoms with Gasteiger partial charge in [0.05, 0.1) is 5.75 Å². The van der Waals surface area contributed by atoms with Crippen molar-refractivity contribution in [2.24, 2.45) is 0 Å². The minimum atomic E-state index is -0.828. The molecule has 21 heavy (non-hydrogen) atoms. The van der Waals surface area contributed by atoms with Crippen LogP contribution in [-0.2, 0) is 4.79 Å². The molecule has 0 saturated carbocycles. The van der Waals surface area contributed by atoms with E-state index in [1.807, 2.05) is 19.1 Å². The van der Waals surface area contributed by atoms with E-state index in [1.165, 1.54) is 11.8 Å². The molecule has 0 saturated heterocycles. The van der Waals surface area contributed by atoms with E-state index in [9.17, 15) is 4.79 Å². The highest BCUT2D eigenvalue weighted by atomic mass is 32.2. The van der Waals surface area contributed by atoms with Crippen molar-refractivity contribution in [1.82, 2.24) is 14.5 Å². The van der Waals surface area contributed by atoms with Gasteiger partial charge in [-0.1, -0.05) is 32.0 Å². The summed E-state index contributed by atoms with van der Waals surface area (Å²) < 4.78 is 2.12. The first-order chi connectivity index (χ1) is 10.1. The van der Waals surface area contributed by atoms with Crippen LogP contribution in [0.1, 0.15) is 44.8 Å². The maximum absolute atomic E-state index is 10.8. The molecular weight excluding hydrogens is 286 g/mol. The Morgan fingerprint density at radius 2 is 2.14 bits per heavy atom. The van der Waals surface area contributed by atoms with Crippen LogP contribution in [0.5, 0.6) is 0 Å². The van der Waals surface area contributed by atoms with Crippen LogP contribution in [0.25, 0.3) is 11.2 Å². The third-order valence-corrected chi connectivity index (χ3v) is 4.36. The van der Waals surface area contributed by atoms with E-state index in [-0.39, 0.29) is 5.75 Å². The van der Waals surface area contributed by atoms with Gasteiger partial charge in [0.1, 0.15) is 5.52 Å². The minimum absolute atomic E-state index is 0.0187. The lowest BCUT2D eigenvalue weighted by atomic mass is 10.1. The molecule has 1 atom stereocenters. The summed E-state index contributed by atoms with van der Waals surface area (Å²) in [7, 11) is 0. The number of pyridine rings is 1. The fourth-order valence-electron chi connectivity index (χ4n) is 2.45. The zero-order valence-electron chi connectivity index (χ0n) is 12.7. The van der Waals surface area contributed by atoms with Crippen molar-refractivity contribution in [1.29, 1.82) is 0 Å². The highest BCUT2D eigenvalue weighted by Crippen LogP contribution is 2.30. The quantitative estimate of drug-likeness (QED) is 0.790. The zero-order chi connectivity index (χ0) is 15.4. The summed E-state index contributed by atoms with van der Waals surface area (Å²) in [5.41, 5.74) is 2.65. The molecule has 0 aliphatic carbocycles. The van der Waals surface area contributed by atoms with Gasteiger partial charge in [-0.3, -0.25) is 4.79 Å². The molecule has 0 spiro atoms. The first kappa shape index (κ1) is 15.8. The molecule has 2 aromatic heterocycles. The molecule has 2 aromatic rings. The van der Waals surface area contributed by atoms with Gasteiger partial charge in [-0.15, -0.1) is 0 Å². The van der Waals surface area contributed by atoms with Gasteiger partial charge in [0, 0.05) is 11.7 Å². The number of rotatable bonds is 7. The largest absolute Gasteiger partial charge is 0.481 e. The molecule has 0 amide bonds. The number of carbonyl (C=O) groups is 1. The van der Waals surface area contributed by atoms with Crippen molar-refractivity contribution < 1.29 is 9.90 Å². The number of imidazole rings is 1. The number of hydrogen-bond donors (Lipinski definition) is 1. The van der Waals surface area contributed by atoms with E-state index < -0.39 is 5.97 Å². The van der Waals surface area contributed by atoms with Crippen LogP contribution in [0, 0.1) is 6.92 Å². The van der Waals surface area contributed by atoms with Gasteiger partial charge in [-0.05, 0) is 31.9 Å². The molecule has 5 nitrogen and oxygen atoms in total. The second kappa shape index (κ2) is 6.93. The number of thioether (sulfide) groups is 1. The van der Waals surface area contributed by atoms with Gasteiger partial charge in [-0.25, -0.2) is 9.97 Å². The molecule has 0 aliphatic heterocycles. The van der Waals surface area contributed by atoms with Gasteiger partial charge in [0.25, 0.3) is 0 Å². The molecule has 0 aliphatic rings. The molecule has 0 fully saturated rings. The van der Waals surface area contributed by atoms with Gasteiger partial charge in [-0.2, -0.15) is 0 Å². The maximum Gasteiger partial charge on any atom is 0.313 e. The number of fused-ring (bicyclic) bond motifs is 1. The van der Waals surface area contributed by atoms with Crippen molar-refractivity contribution in [3.05, 3.63) is 17.8 Å². The molecule has 2 rings (SSSR count). The first-order valence-electron chi connectivity index (χ1n) is 7.27. The standard InChI is InChI=1S/C15H21N3O2S/c1-4-6-11(5-2)18-14-12(8-7-10(3)16-14)17-15(18)21-9-13(19)20/h7-8,11H,4-6,9H2,1-3H3,(H,19,20). The smallest absolute Gasteiger partial charge is 0.313 e. The summed E-state index contributed by atoms with van der Waals surface area (Å²) in [6, 6.07) is 4.20. The molecule has 0 aromatic carbocycles. The van der Waals surface area contributed by atoms with E-state index in [1.54, 1.807) is 0 Å². The average Bonchev–Trinajstić information content (AvgIpc) is 2.80. The van der Waals surface area contributed by atoms with E-state index >= 15 is 0 Å². The number of nitrogens with zero attached hydrogens (tertiary/aromatic N) is 3. The summed E-state index contributed by atoms with van der Waals surface area (Å²) in [4.78, 5) is 20.0. The third kappa shape index (κ3) is 3.56. The van der Waals surface area contributed by atoms with Crippen LogP contribution < -0.4 is 0 Å². The van der Waals surface area contributed by atoms with E-state index in [0.717, 1.165) is 41.3 Å². The molecule has 1 unspecified atom stereocenters. The van der Waals surface area contributed by atoms with Gasteiger partial charge < -0.3 is 9.67 Å². The lowest BCUT2D eigenvalue weighted by molar-refractivity contribution is -0.133. The second-order valence-corrected chi connectivity index (χ2v) is 6.04. The Balaban J connectivity index is 2.51. The maximum atomic E-state index is 10.8. The lowest BCUT2D eigenvalue weighted by Crippen LogP contribution is -2.11. The highest BCUT2D eigenvalue weighted by molar-refractivity contribution is 7.99. The van der Waals surface area contributed by atoms with Crippen molar-refractivity contribution >= 4 is 28.9 Å². The molecule has 1 N–H and O–H groups in total. The van der Waals surface area contributed by atoms with Crippen molar-refractivity contribution in [3.8, 4) is 0 Å². The van der Waals surface area contributed by atoms with Gasteiger partial charge in [0.2, 0.25) is 0 Å². The Hall–Kier alpha value is -1.56. The number of carboxylic acids is 1. The third-order valence-electron chi connectivity index (χ3n) is 3.43. The van der Waals surface area contributed by atoms with Crippen LogP contribution in [0.3, 0.4) is 0 Å². The number of carboxylic acid groups (broad SMARTS) is 1. The lowest BCUT2D eigenvalue weighted by Gasteiger charge is -2.18. The second-order valence-electron chi connectivity index (χ2n) is 5.09. The van der Waals surface area contributed by atoms with E-state index in [2.05, 4.69) is 28.4 Å². The van der Waals surface area contributed by atoms with Gasteiger partial charge in [0.15, 0.2) is 10.8 Å². The zero-order valence-corrected chi connectivity index (χ0v) is 13.5. The van der Waals surface area contributed by atoms with E-state index in [0.29, 0.717) is 6.04 Å². The summed E-state index contributed by atoms with van der Waals surface area (Å²) in [5, 5.41) is 9.67. The number of hydrogen-bond acceptors (Lipinski definition) is 4. The first-order valence-corrected chi connectivity index (χ1v) is 8.25. The minimum Gasteiger partial charge on any atom is -0.481 e. The fourth-order valence-corrected chi connectivity index (χ4v) is 3.24. The summed E-state index contributed by atoms with van der Waals surface area (Å²) in [6.45, 7) is 6.26. The molecule has 0 bridgehead atoms. The SMILES string of the molecule is CCCC(CC)n1c(SCC(=O)O)nc2ccc(C)nc21. The number of aromatic nitrogens is 3. The molecular formula is C15H21N3O2S. The Labute approximate surface area is 128 Å². The number of aliphatic carboxylic acids is 1. The van der Waals surface area contributed by atoms with Crippen molar-refractivity contribution in [2.75, 3.05) is 5.75 Å². The van der Waals surface area contributed by atoms with Crippen LogP contribution in [0.2, 0.25) is 0 Å². The van der Waals surface area contributed by atoms with Crippen LogP contribution in [-0.4, -0.2) is 31.4 Å². The van der Waals surface area contributed by atoms with Crippen molar-refractivity contribution in [3.63, 3.8) is 0 Å². The van der Waals surface area contributed by atoms with Crippen LogP contribution in [0.15, 0.2) is 17.3 Å². The Morgan fingerprint density at radius 3 is 2.76 bits per heavy atom. The summed E-state index contributed by atoms with van der Waals surface area (Å²) in [6.07, 6.45) is 3.10. The van der Waals surface area contributed by atoms with Crippen molar-refractivity contribution in [2.45, 2.75) is 51.2 Å². The highest BCUT2D eigenvalue weighted by Gasteiger charge is 2.19. The summed E-state index contributed by atoms with van der Waals surface area (Å²) in [5.74, 6) is -0.809. The molecule has 114 valence electrons. The molecule has 6 heteroatoms.